The minimum Gasteiger partial charge on any atom is -0.472 e. The van der Waals surface area contributed by atoms with Gasteiger partial charge in [-0.2, -0.15) is 0 Å². The van der Waals surface area contributed by atoms with Gasteiger partial charge in [0.2, 0.25) is 0 Å². The monoisotopic (exact) mass is 265 g/mol. The highest BCUT2D eigenvalue weighted by Gasteiger charge is 2.10. The molecule has 1 aromatic carbocycles. The summed E-state index contributed by atoms with van der Waals surface area (Å²) in [5.74, 6) is 0. The topological polar surface area (TPSA) is 39.2 Å². The third-order valence-electron chi connectivity index (χ3n) is 2.34. The first-order valence-electron chi connectivity index (χ1n) is 4.78. The fraction of sp³-hybridized carbons (Fsp3) is 0.167. The molecule has 2 N–H and O–H groups in total. The Morgan fingerprint density at radius 2 is 2.07 bits per heavy atom. The average Bonchev–Trinajstić information content (AvgIpc) is 2.71. The summed E-state index contributed by atoms with van der Waals surface area (Å²) in [6.45, 7) is 0. The molecule has 0 saturated carbocycles. The molecule has 0 fully saturated rings. The first-order valence-corrected chi connectivity index (χ1v) is 5.58. The van der Waals surface area contributed by atoms with Gasteiger partial charge in [0.05, 0.1) is 12.5 Å². The molecule has 0 aliphatic carbocycles. The number of hydrogen-bond acceptors (Lipinski definition) is 2. The number of nitrogens with two attached hydrogens (primary N) is 1. The lowest BCUT2D eigenvalue weighted by Gasteiger charge is -2.12. The van der Waals surface area contributed by atoms with Crippen molar-refractivity contribution in [3.8, 4) is 0 Å². The van der Waals surface area contributed by atoms with E-state index in [1.807, 2.05) is 30.3 Å². The SMILES string of the molecule is NC(Cc1ccoc1)c1ccccc1Br. The summed E-state index contributed by atoms with van der Waals surface area (Å²) in [6.07, 6.45) is 4.19. The highest BCUT2D eigenvalue weighted by Crippen LogP contribution is 2.24. The predicted molar refractivity (Wildman–Crippen MR) is 63.5 cm³/mol. The zero-order valence-corrected chi connectivity index (χ0v) is 9.78. The minimum atomic E-state index is -0.00169. The zero-order valence-electron chi connectivity index (χ0n) is 8.19. The maximum atomic E-state index is 6.12. The Hall–Kier alpha value is -1.06. The van der Waals surface area contributed by atoms with E-state index in [1.165, 1.54) is 0 Å². The van der Waals surface area contributed by atoms with Crippen LogP contribution < -0.4 is 5.73 Å². The molecule has 2 rings (SSSR count). The van der Waals surface area contributed by atoms with Crippen LogP contribution in [0.3, 0.4) is 0 Å². The first-order chi connectivity index (χ1) is 7.27. The lowest BCUT2D eigenvalue weighted by Crippen LogP contribution is -2.13. The van der Waals surface area contributed by atoms with Crippen LogP contribution in [-0.4, -0.2) is 0 Å². The van der Waals surface area contributed by atoms with Gasteiger partial charge in [0.1, 0.15) is 0 Å². The second-order valence-electron chi connectivity index (χ2n) is 3.46. The molecule has 0 amide bonds. The minimum absolute atomic E-state index is 0.00169. The van der Waals surface area contributed by atoms with Crippen LogP contribution in [0.1, 0.15) is 17.2 Å². The van der Waals surface area contributed by atoms with Crippen molar-refractivity contribution in [2.45, 2.75) is 12.5 Å². The summed E-state index contributed by atoms with van der Waals surface area (Å²) in [5.41, 5.74) is 8.36. The van der Waals surface area contributed by atoms with E-state index < -0.39 is 0 Å². The Balaban J connectivity index is 2.15. The van der Waals surface area contributed by atoms with Crippen molar-refractivity contribution in [1.29, 1.82) is 0 Å². The average molecular weight is 266 g/mol. The van der Waals surface area contributed by atoms with E-state index in [0.717, 1.165) is 22.0 Å². The summed E-state index contributed by atoms with van der Waals surface area (Å²) in [6, 6.07) is 9.96. The molecule has 0 aliphatic heterocycles. The number of hydrogen-bond donors (Lipinski definition) is 1. The van der Waals surface area contributed by atoms with E-state index in [1.54, 1.807) is 12.5 Å². The van der Waals surface area contributed by atoms with Crippen molar-refractivity contribution >= 4 is 15.9 Å². The molecule has 2 nitrogen and oxygen atoms in total. The Bertz CT molecular complexity index is 425. The Labute approximate surface area is 97.2 Å². The number of halogens is 1. The van der Waals surface area contributed by atoms with Crippen LogP contribution in [0.4, 0.5) is 0 Å². The second-order valence-corrected chi connectivity index (χ2v) is 4.32. The largest absolute Gasteiger partial charge is 0.472 e. The lowest BCUT2D eigenvalue weighted by molar-refractivity contribution is 0.561. The van der Waals surface area contributed by atoms with Gasteiger partial charge < -0.3 is 10.2 Å². The summed E-state index contributed by atoms with van der Waals surface area (Å²) in [7, 11) is 0. The van der Waals surface area contributed by atoms with Crippen LogP contribution in [0.2, 0.25) is 0 Å². The third kappa shape index (κ3) is 2.49. The van der Waals surface area contributed by atoms with Gasteiger partial charge in [0.25, 0.3) is 0 Å². The molecule has 0 aliphatic rings. The summed E-state index contributed by atoms with van der Waals surface area (Å²) < 4.78 is 6.07. The van der Waals surface area contributed by atoms with Gasteiger partial charge in [0, 0.05) is 10.5 Å². The molecular formula is C12H12BrNO. The molecule has 15 heavy (non-hydrogen) atoms. The van der Waals surface area contributed by atoms with E-state index >= 15 is 0 Å². The van der Waals surface area contributed by atoms with Gasteiger partial charge in [-0.25, -0.2) is 0 Å². The normalized spacial score (nSPS) is 12.7. The maximum absolute atomic E-state index is 6.12. The molecule has 3 heteroatoms. The van der Waals surface area contributed by atoms with Crippen molar-refractivity contribution in [3.63, 3.8) is 0 Å². The molecule has 0 radical (unpaired) electrons. The summed E-state index contributed by atoms with van der Waals surface area (Å²) >= 11 is 3.50. The molecule has 1 atom stereocenters. The van der Waals surface area contributed by atoms with Gasteiger partial charge in [-0.1, -0.05) is 34.1 Å². The van der Waals surface area contributed by atoms with Gasteiger partial charge >= 0.3 is 0 Å². The maximum Gasteiger partial charge on any atom is 0.0935 e. The summed E-state index contributed by atoms with van der Waals surface area (Å²) in [5, 5.41) is 0. The van der Waals surface area contributed by atoms with Gasteiger partial charge in [-0.15, -0.1) is 0 Å². The fourth-order valence-electron chi connectivity index (χ4n) is 1.55. The molecule has 1 heterocycles. The van der Waals surface area contributed by atoms with E-state index in [4.69, 9.17) is 10.2 Å². The van der Waals surface area contributed by atoms with E-state index in [2.05, 4.69) is 15.9 Å². The number of rotatable bonds is 3. The van der Waals surface area contributed by atoms with Crippen molar-refractivity contribution < 1.29 is 4.42 Å². The third-order valence-corrected chi connectivity index (χ3v) is 3.06. The summed E-state index contributed by atoms with van der Waals surface area (Å²) in [4.78, 5) is 0. The first kappa shape index (κ1) is 10.5. The van der Waals surface area contributed by atoms with Crippen molar-refractivity contribution in [2.24, 2.45) is 5.73 Å². The van der Waals surface area contributed by atoms with Crippen LogP contribution in [0.5, 0.6) is 0 Å². The van der Waals surface area contributed by atoms with Crippen LogP contribution in [0.25, 0.3) is 0 Å². The van der Waals surface area contributed by atoms with E-state index in [9.17, 15) is 0 Å². The van der Waals surface area contributed by atoms with E-state index in [-0.39, 0.29) is 6.04 Å². The van der Waals surface area contributed by atoms with Crippen molar-refractivity contribution in [2.75, 3.05) is 0 Å². The van der Waals surface area contributed by atoms with Crippen molar-refractivity contribution in [1.82, 2.24) is 0 Å². The Kier molecular flexibility index (Phi) is 3.23. The highest BCUT2D eigenvalue weighted by atomic mass is 79.9. The fourth-order valence-corrected chi connectivity index (χ4v) is 2.13. The smallest absolute Gasteiger partial charge is 0.0935 e. The quantitative estimate of drug-likeness (QED) is 0.925. The molecule has 2 aromatic rings. The highest BCUT2D eigenvalue weighted by molar-refractivity contribution is 9.10. The zero-order chi connectivity index (χ0) is 10.7. The molecule has 0 bridgehead atoms. The van der Waals surface area contributed by atoms with Crippen LogP contribution in [0.15, 0.2) is 51.7 Å². The standard InChI is InChI=1S/C12H12BrNO/c13-11-4-2-1-3-10(11)12(14)7-9-5-6-15-8-9/h1-6,8,12H,7,14H2. The molecule has 0 spiro atoms. The molecule has 78 valence electrons. The molecular weight excluding hydrogens is 254 g/mol. The van der Waals surface area contributed by atoms with Gasteiger partial charge in [0.15, 0.2) is 0 Å². The van der Waals surface area contributed by atoms with Crippen LogP contribution in [0, 0.1) is 0 Å². The molecule has 1 aromatic heterocycles. The van der Waals surface area contributed by atoms with Gasteiger partial charge in [-0.3, -0.25) is 0 Å². The number of benzene rings is 1. The second kappa shape index (κ2) is 4.64. The van der Waals surface area contributed by atoms with Crippen LogP contribution in [-0.2, 0) is 6.42 Å². The molecule has 1 unspecified atom stereocenters. The lowest BCUT2D eigenvalue weighted by atomic mass is 10.0. The Morgan fingerprint density at radius 3 is 2.73 bits per heavy atom. The van der Waals surface area contributed by atoms with E-state index in [0.29, 0.717) is 0 Å². The van der Waals surface area contributed by atoms with Crippen LogP contribution >= 0.6 is 15.9 Å². The van der Waals surface area contributed by atoms with Gasteiger partial charge in [-0.05, 0) is 29.7 Å². The Morgan fingerprint density at radius 1 is 1.27 bits per heavy atom. The van der Waals surface area contributed by atoms with Crippen molar-refractivity contribution in [3.05, 3.63) is 58.5 Å². The molecule has 0 saturated heterocycles. The predicted octanol–water partition coefficient (Wildman–Crippen LogP) is 3.28. The number of furan rings is 1.